The number of phenols is 1. The third kappa shape index (κ3) is 3.62. The maximum atomic E-state index is 13.2. The van der Waals surface area contributed by atoms with Crippen molar-refractivity contribution in [3.05, 3.63) is 53.8 Å². The summed E-state index contributed by atoms with van der Waals surface area (Å²) in [6.07, 6.45) is 0. The Kier molecular flexibility index (Phi) is 4.40. The average Bonchev–Trinajstić information content (AvgIpc) is 2.47. The Balaban J connectivity index is 1.99. The monoisotopic (exact) mass is 272 g/mol. The van der Waals surface area contributed by atoms with Crippen LogP contribution in [0.25, 0.3) is 0 Å². The molecule has 2 aromatic carbocycles. The third-order valence-electron chi connectivity index (χ3n) is 2.65. The van der Waals surface area contributed by atoms with Crippen LogP contribution in [0, 0.1) is 17.1 Å². The van der Waals surface area contributed by atoms with Crippen LogP contribution in [0.3, 0.4) is 0 Å². The minimum atomic E-state index is -0.643. The lowest BCUT2D eigenvalue weighted by molar-refractivity contribution is 0.368. The van der Waals surface area contributed by atoms with Crippen molar-refractivity contribution in [2.75, 3.05) is 11.9 Å². The summed E-state index contributed by atoms with van der Waals surface area (Å²) in [4.78, 5) is 0. The van der Waals surface area contributed by atoms with Crippen molar-refractivity contribution in [3.8, 4) is 17.6 Å². The van der Waals surface area contributed by atoms with Crippen molar-refractivity contribution in [1.82, 2.24) is 0 Å². The van der Waals surface area contributed by atoms with Gasteiger partial charge in [-0.3, -0.25) is 0 Å². The van der Waals surface area contributed by atoms with E-state index in [1.807, 2.05) is 12.1 Å². The molecular weight excluding hydrogens is 259 g/mol. The molecule has 0 fully saturated rings. The number of hydrogen-bond acceptors (Lipinski definition) is 4. The van der Waals surface area contributed by atoms with E-state index in [0.717, 1.165) is 5.69 Å². The Bertz CT molecular complexity index is 638. The van der Waals surface area contributed by atoms with Crippen LogP contribution in [0.5, 0.6) is 11.5 Å². The number of anilines is 1. The van der Waals surface area contributed by atoms with Crippen molar-refractivity contribution < 1.29 is 14.2 Å². The highest BCUT2D eigenvalue weighted by Crippen LogP contribution is 2.20. The maximum absolute atomic E-state index is 13.2. The van der Waals surface area contributed by atoms with E-state index in [0.29, 0.717) is 17.9 Å². The summed E-state index contributed by atoms with van der Waals surface area (Å²) in [7, 11) is 0. The maximum Gasteiger partial charge on any atom is 0.174 e. The Morgan fingerprint density at radius 2 is 2.10 bits per heavy atom. The summed E-state index contributed by atoms with van der Waals surface area (Å²) in [5.74, 6) is -0.413. The topological polar surface area (TPSA) is 65.3 Å². The van der Waals surface area contributed by atoms with Crippen LogP contribution >= 0.6 is 0 Å². The molecule has 0 radical (unpaired) electrons. The minimum Gasteiger partial charge on any atom is -0.505 e. The van der Waals surface area contributed by atoms with Gasteiger partial charge in [-0.2, -0.15) is 5.26 Å². The first-order chi connectivity index (χ1) is 9.69. The fraction of sp³-hybridized carbons (Fsp3) is 0.133. The molecule has 0 saturated heterocycles. The molecule has 4 nitrogen and oxygen atoms in total. The van der Waals surface area contributed by atoms with Gasteiger partial charge in [-0.25, -0.2) is 4.39 Å². The summed E-state index contributed by atoms with van der Waals surface area (Å²) in [5.41, 5.74) is 1.51. The molecule has 102 valence electrons. The van der Waals surface area contributed by atoms with Crippen molar-refractivity contribution in [3.63, 3.8) is 0 Å². The van der Waals surface area contributed by atoms with Gasteiger partial charge in [0.05, 0.1) is 0 Å². The highest BCUT2D eigenvalue weighted by molar-refractivity contribution is 5.48. The van der Waals surface area contributed by atoms with Crippen LogP contribution in [0.2, 0.25) is 0 Å². The molecule has 0 aliphatic carbocycles. The quantitative estimate of drug-likeness (QED) is 0.878. The van der Waals surface area contributed by atoms with E-state index in [2.05, 4.69) is 5.32 Å². The lowest BCUT2D eigenvalue weighted by atomic mass is 10.2. The lowest BCUT2D eigenvalue weighted by Gasteiger charge is -2.09. The number of nitrogens with zero attached hydrogens (tertiary/aromatic N) is 1. The molecule has 0 heterocycles. The average molecular weight is 272 g/mol. The standard InChI is InChI=1S/C15H13FN2O2/c16-14-8-11(4-5-15(14)19)10-18-12-2-1-3-13(9-12)20-7-6-17/h1-5,8-9,18-19H,7,10H2. The van der Waals surface area contributed by atoms with Crippen LogP contribution in [-0.2, 0) is 6.54 Å². The molecule has 0 atom stereocenters. The van der Waals surface area contributed by atoms with E-state index in [4.69, 9.17) is 15.1 Å². The Labute approximate surface area is 116 Å². The van der Waals surface area contributed by atoms with Gasteiger partial charge < -0.3 is 15.2 Å². The van der Waals surface area contributed by atoms with Crippen LogP contribution in [0.15, 0.2) is 42.5 Å². The molecule has 0 aliphatic rings. The number of halogens is 1. The van der Waals surface area contributed by atoms with E-state index < -0.39 is 5.82 Å². The molecule has 0 aromatic heterocycles. The number of phenolic OH excluding ortho intramolecular Hbond substituents is 1. The van der Waals surface area contributed by atoms with E-state index in [-0.39, 0.29) is 12.4 Å². The number of nitriles is 1. The van der Waals surface area contributed by atoms with Gasteiger partial charge in [0.2, 0.25) is 0 Å². The zero-order valence-electron chi connectivity index (χ0n) is 10.6. The van der Waals surface area contributed by atoms with E-state index in [9.17, 15) is 4.39 Å². The van der Waals surface area contributed by atoms with Gasteiger partial charge in [0.15, 0.2) is 18.2 Å². The third-order valence-corrected chi connectivity index (χ3v) is 2.65. The first kappa shape index (κ1) is 13.7. The zero-order valence-corrected chi connectivity index (χ0v) is 10.6. The van der Waals surface area contributed by atoms with Crippen molar-refractivity contribution in [2.24, 2.45) is 0 Å². The number of rotatable bonds is 5. The first-order valence-corrected chi connectivity index (χ1v) is 6.00. The molecular formula is C15H13FN2O2. The second-order valence-electron chi connectivity index (χ2n) is 4.11. The predicted molar refractivity (Wildman–Crippen MR) is 72.9 cm³/mol. The highest BCUT2D eigenvalue weighted by atomic mass is 19.1. The molecule has 0 bridgehead atoms. The molecule has 0 spiro atoms. The second-order valence-corrected chi connectivity index (χ2v) is 4.11. The summed E-state index contributed by atoms with van der Waals surface area (Å²) >= 11 is 0. The van der Waals surface area contributed by atoms with Crippen LogP contribution in [0.4, 0.5) is 10.1 Å². The fourth-order valence-corrected chi connectivity index (χ4v) is 1.68. The van der Waals surface area contributed by atoms with Gasteiger partial charge in [0.1, 0.15) is 11.8 Å². The number of ether oxygens (including phenoxy) is 1. The second kappa shape index (κ2) is 6.43. The van der Waals surface area contributed by atoms with Crippen LogP contribution < -0.4 is 10.1 Å². The number of aromatic hydroxyl groups is 1. The van der Waals surface area contributed by atoms with E-state index in [1.165, 1.54) is 12.1 Å². The molecule has 2 rings (SSSR count). The summed E-state index contributed by atoms with van der Waals surface area (Å²) < 4.78 is 18.4. The molecule has 5 heteroatoms. The van der Waals surface area contributed by atoms with Crippen LogP contribution in [0.1, 0.15) is 5.56 Å². The zero-order chi connectivity index (χ0) is 14.4. The highest BCUT2D eigenvalue weighted by Gasteiger charge is 2.02. The lowest BCUT2D eigenvalue weighted by Crippen LogP contribution is -2.00. The van der Waals surface area contributed by atoms with Gasteiger partial charge in [0, 0.05) is 18.3 Å². The smallest absolute Gasteiger partial charge is 0.174 e. The van der Waals surface area contributed by atoms with E-state index in [1.54, 1.807) is 24.3 Å². The Hall–Kier alpha value is -2.74. The molecule has 0 unspecified atom stereocenters. The van der Waals surface area contributed by atoms with Crippen molar-refractivity contribution in [2.45, 2.75) is 6.54 Å². The van der Waals surface area contributed by atoms with Gasteiger partial charge in [-0.15, -0.1) is 0 Å². The number of hydrogen-bond donors (Lipinski definition) is 2. The van der Waals surface area contributed by atoms with Crippen molar-refractivity contribution >= 4 is 5.69 Å². The normalized spacial score (nSPS) is 9.80. The molecule has 2 N–H and O–H groups in total. The summed E-state index contributed by atoms with van der Waals surface area (Å²) in [6, 6.07) is 13.3. The molecule has 0 saturated carbocycles. The minimum absolute atomic E-state index is 0.00731. The number of nitrogens with one attached hydrogen (secondary N) is 1. The molecule has 0 amide bonds. The largest absolute Gasteiger partial charge is 0.505 e. The number of benzene rings is 2. The van der Waals surface area contributed by atoms with Gasteiger partial charge in [0.25, 0.3) is 0 Å². The van der Waals surface area contributed by atoms with Crippen LogP contribution in [-0.4, -0.2) is 11.7 Å². The predicted octanol–water partition coefficient (Wildman–Crippen LogP) is 3.05. The van der Waals surface area contributed by atoms with Crippen molar-refractivity contribution in [1.29, 1.82) is 5.26 Å². The van der Waals surface area contributed by atoms with Gasteiger partial charge in [-0.1, -0.05) is 12.1 Å². The van der Waals surface area contributed by atoms with E-state index >= 15 is 0 Å². The SMILES string of the molecule is N#CCOc1cccc(NCc2ccc(O)c(F)c2)c1. The molecule has 2 aromatic rings. The van der Waals surface area contributed by atoms with Gasteiger partial charge >= 0.3 is 0 Å². The summed E-state index contributed by atoms with van der Waals surface area (Å²) in [5, 5.41) is 20.7. The molecule has 20 heavy (non-hydrogen) atoms. The first-order valence-electron chi connectivity index (χ1n) is 6.00. The Morgan fingerprint density at radius 1 is 1.25 bits per heavy atom. The Morgan fingerprint density at radius 3 is 2.85 bits per heavy atom. The summed E-state index contributed by atoms with van der Waals surface area (Å²) in [6.45, 7) is 0.408. The van der Waals surface area contributed by atoms with Gasteiger partial charge in [-0.05, 0) is 29.8 Å². The molecule has 0 aliphatic heterocycles. The fourth-order valence-electron chi connectivity index (χ4n) is 1.68.